The summed E-state index contributed by atoms with van der Waals surface area (Å²) >= 11 is 1.43. The number of carbonyl (C=O) groups excluding carboxylic acids is 3. The number of aromatic nitrogens is 1. The zero-order valence-electron chi connectivity index (χ0n) is 19.0. The molecule has 34 heavy (non-hydrogen) atoms. The third kappa shape index (κ3) is 4.64. The fourth-order valence-corrected chi connectivity index (χ4v) is 5.08. The van der Waals surface area contributed by atoms with Gasteiger partial charge in [0.05, 0.1) is 23.4 Å². The molecule has 0 spiro atoms. The number of nitrogens with one attached hydrogen (secondary N) is 1. The monoisotopic (exact) mass is 474 g/mol. The summed E-state index contributed by atoms with van der Waals surface area (Å²) < 4.78 is 0. The van der Waals surface area contributed by atoms with E-state index in [9.17, 15) is 14.4 Å². The van der Waals surface area contributed by atoms with Crippen LogP contribution in [0.3, 0.4) is 0 Å². The highest BCUT2D eigenvalue weighted by molar-refractivity contribution is 7.14. The highest BCUT2D eigenvalue weighted by Crippen LogP contribution is 2.25. The van der Waals surface area contributed by atoms with E-state index in [2.05, 4.69) is 22.1 Å². The first kappa shape index (κ1) is 22.4. The van der Waals surface area contributed by atoms with Crippen molar-refractivity contribution >= 4 is 34.2 Å². The molecule has 0 atom stereocenters. The predicted molar refractivity (Wildman–Crippen MR) is 131 cm³/mol. The first-order chi connectivity index (χ1) is 16.5. The first-order valence-electron chi connectivity index (χ1n) is 11.5. The van der Waals surface area contributed by atoms with Gasteiger partial charge >= 0.3 is 0 Å². The molecule has 7 nitrogen and oxygen atoms in total. The molecule has 0 radical (unpaired) electrons. The lowest BCUT2D eigenvalue weighted by Crippen LogP contribution is -2.32. The summed E-state index contributed by atoms with van der Waals surface area (Å²) in [7, 11) is 0. The van der Waals surface area contributed by atoms with E-state index in [1.165, 1.54) is 29.1 Å². The van der Waals surface area contributed by atoms with Gasteiger partial charge in [-0.25, -0.2) is 4.98 Å². The summed E-state index contributed by atoms with van der Waals surface area (Å²) in [6.07, 6.45) is 2.44. The van der Waals surface area contributed by atoms with Crippen molar-refractivity contribution in [2.45, 2.75) is 32.9 Å². The van der Waals surface area contributed by atoms with Gasteiger partial charge in [-0.05, 0) is 61.7 Å². The lowest BCUT2D eigenvalue weighted by atomic mass is 9.99. The molecule has 3 aromatic rings. The molecule has 0 aliphatic carbocycles. The van der Waals surface area contributed by atoms with Gasteiger partial charge in [0.2, 0.25) is 0 Å². The van der Waals surface area contributed by atoms with Crippen LogP contribution in [0, 0.1) is 5.92 Å². The van der Waals surface area contributed by atoms with Crippen LogP contribution in [-0.2, 0) is 13.1 Å². The minimum atomic E-state index is -0.291. The maximum Gasteiger partial charge on any atom is 0.261 e. The molecule has 0 saturated carbocycles. The average molecular weight is 475 g/mol. The summed E-state index contributed by atoms with van der Waals surface area (Å²) in [4.78, 5) is 46.0. The Bertz CT molecular complexity index is 1190. The molecule has 8 heteroatoms. The second-order valence-corrected chi connectivity index (χ2v) is 9.85. The number of anilines is 1. The van der Waals surface area contributed by atoms with Gasteiger partial charge < -0.3 is 0 Å². The Labute approximate surface area is 202 Å². The number of hydrogen-bond donors (Lipinski definition) is 1. The highest BCUT2D eigenvalue weighted by Gasteiger charge is 2.34. The molecular weight excluding hydrogens is 448 g/mol. The summed E-state index contributed by atoms with van der Waals surface area (Å²) in [5.74, 6) is -0.0253. The van der Waals surface area contributed by atoms with Crippen LogP contribution in [0.5, 0.6) is 0 Å². The van der Waals surface area contributed by atoms with E-state index in [1.807, 2.05) is 5.38 Å². The van der Waals surface area contributed by atoms with Gasteiger partial charge in [-0.15, -0.1) is 11.3 Å². The van der Waals surface area contributed by atoms with Gasteiger partial charge in [0.15, 0.2) is 5.13 Å². The van der Waals surface area contributed by atoms with Gasteiger partial charge in [0.1, 0.15) is 0 Å². The molecule has 0 bridgehead atoms. The fraction of sp³-hybridized carbons (Fsp3) is 0.308. The van der Waals surface area contributed by atoms with E-state index in [-0.39, 0.29) is 24.3 Å². The van der Waals surface area contributed by atoms with E-state index in [0.29, 0.717) is 21.8 Å². The summed E-state index contributed by atoms with van der Waals surface area (Å²) in [5, 5.41) is 5.46. The first-order valence-corrected chi connectivity index (χ1v) is 12.4. The molecule has 2 aliphatic rings. The molecule has 1 N–H and O–H groups in total. The maximum atomic E-state index is 12.7. The molecule has 2 aliphatic heterocycles. The molecular formula is C26H26N4O3S. The minimum absolute atomic E-state index is 0.166. The molecule has 3 heterocycles. The van der Waals surface area contributed by atoms with Crippen LogP contribution in [0.25, 0.3) is 0 Å². The number of likely N-dealkylation sites (tertiary alicyclic amines) is 1. The number of thiazole rings is 1. The number of piperidine rings is 1. The topological polar surface area (TPSA) is 82.6 Å². The molecule has 0 unspecified atom stereocenters. The van der Waals surface area contributed by atoms with Crippen molar-refractivity contribution < 1.29 is 14.4 Å². The van der Waals surface area contributed by atoms with E-state index in [1.54, 1.807) is 48.5 Å². The van der Waals surface area contributed by atoms with Gasteiger partial charge in [0.25, 0.3) is 17.7 Å². The number of amides is 3. The summed E-state index contributed by atoms with van der Waals surface area (Å²) in [5.41, 5.74) is 3.11. The van der Waals surface area contributed by atoms with Crippen molar-refractivity contribution in [3.8, 4) is 0 Å². The fourth-order valence-electron chi connectivity index (χ4n) is 4.38. The van der Waals surface area contributed by atoms with Gasteiger partial charge in [0, 0.05) is 17.5 Å². The SMILES string of the molecule is CC1CCN(Cc2csc(NC(=O)c3ccc(CN4C(=O)c5ccccc5C4=O)cc3)n2)CC1. The second-order valence-electron chi connectivity index (χ2n) is 9.00. The third-order valence-electron chi connectivity index (χ3n) is 6.47. The Kier molecular flexibility index (Phi) is 6.26. The largest absolute Gasteiger partial charge is 0.298 e. The van der Waals surface area contributed by atoms with Crippen molar-refractivity contribution in [3.63, 3.8) is 0 Å². The number of imide groups is 1. The number of hydrogen-bond acceptors (Lipinski definition) is 6. The second kappa shape index (κ2) is 9.48. The molecule has 1 saturated heterocycles. The number of carbonyl (C=O) groups is 3. The van der Waals surface area contributed by atoms with Gasteiger partial charge in [-0.3, -0.25) is 29.5 Å². The quantitative estimate of drug-likeness (QED) is 0.535. The predicted octanol–water partition coefficient (Wildman–Crippen LogP) is 4.42. The summed E-state index contributed by atoms with van der Waals surface area (Å²) in [6.45, 7) is 5.46. The molecule has 2 aromatic carbocycles. The van der Waals surface area contributed by atoms with Crippen LogP contribution in [0.1, 0.15) is 62.1 Å². The maximum absolute atomic E-state index is 12.7. The van der Waals surface area contributed by atoms with E-state index in [4.69, 9.17) is 0 Å². The Hall–Kier alpha value is -3.36. The van der Waals surface area contributed by atoms with Crippen LogP contribution in [0.4, 0.5) is 5.13 Å². The van der Waals surface area contributed by atoms with Crippen LogP contribution in [0.15, 0.2) is 53.9 Å². The molecule has 1 fully saturated rings. The van der Waals surface area contributed by atoms with E-state index >= 15 is 0 Å². The van der Waals surface area contributed by atoms with Crippen molar-refractivity contribution in [1.29, 1.82) is 0 Å². The Morgan fingerprint density at radius 1 is 1.00 bits per heavy atom. The Balaban J connectivity index is 1.18. The van der Waals surface area contributed by atoms with Gasteiger partial charge in [-0.1, -0.05) is 31.2 Å². The zero-order valence-corrected chi connectivity index (χ0v) is 19.8. The Morgan fingerprint density at radius 2 is 1.65 bits per heavy atom. The lowest BCUT2D eigenvalue weighted by Gasteiger charge is -2.29. The zero-order chi connectivity index (χ0) is 23.7. The number of nitrogens with zero attached hydrogens (tertiary/aromatic N) is 3. The van der Waals surface area contributed by atoms with Crippen molar-refractivity contribution in [2.24, 2.45) is 5.92 Å². The smallest absolute Gasteiger partial charge is 0.261 e. The average Bonchev–Trinajstić information content (AvgIpc) is 3.39. The number of fused-ring (bicyclic) bond motifs is 1. The van der Waals surface area contributed by atoms with E-state index in [0.717, 1.165) is 36.8 Å². The minimum Gasteiger partial charge on any atom is -0.298 e. The van der Waals surface area contributed by atoms with Crippen molar-refractivity contribution in [3.05, 3.63) is 81.9 Å². The van der Waals surface area contributed by atoms with E-state index < -0.39 is 0 Å². The highest BCUT2D eigenvalue weighted by atomic mass is 32.1. The van der Waals surface area contributed by atoms with Crippen molar-refractivity contribution in [2.75, 3.05) is 18.4 Å². The van der Waals surface area contributed by atoms with Crippen LogP contribution >= 0.6 is 11.3 Å². The third-order valence-corrected chi connectivity index (χ3v) is 7.28. The Morgan fingerprint density at radius 3 is 2.29 bits per heavy atom. The van der Waals surface area contributed by atoms with Gasteiger partial charge in [-0.2, -0.15) is 0 Å². The van der Waals surface area contributed by atoms with Crippen LogP contribution < -0.4 is 5.32 Å². The number of rotatable bonds is 6. The lowest BCUT2D eigenvalue weighted by molar-refractivity contribution is 0.0642. The van der Waals surface area contributed by atoms with Crippen molar-refractivity contribution in [1.82, 2.24) is 14.8 Å². The summed E-state index contributed by atoms with van der Waals surface area (Å²) in [6, 6.07) is 13.8. The molecule has 3 amide bonds. The molecule has 174 valence electrons. The van der Waals surface area contributed by atoms with Crippen LogP contribution in [0.2, 0.25) is 0 Å². The number of benzene rings is 2. The molecule has 1 aromatic heterocycles. The van der Waals surface area contributed by atoms with Crippen LogP contribution in [-0.4, -0.2) is 45.6 Å². The standard InChI is InChI=1S/C26H26N4O3S/c1-17-10-12-29(13-11-17)15-20-16-34-26(27-20)28-23(31)19-8-6-18(7-9-19)14-30-24(32)21-4-2-3-5-22(21)25(30)33/h2-9,16-17H,10-15H2,1H3,(H,27,28,31). The normalized spacial score (nSPS) is 16.7. The molecule has 5 rings (SSSR count).